The van der Waals surface area contributed by atoms with Gasteiger partial charge in [-0.3, -0.25) is 4.79 Å². The topological polar surface area (TPSA) is 75.4 Å². The number of fused-ring (bicyclic) bond motifs is 1. The Kier molecular flexibility index (Phi) is 4.37. The van der Waals surface area contributed by atoms with E-state index < -0.39 is 11.6 Å². The van der Waals surface area contributed by atoms with Crippen molar-refractivity contribution >= 4 is 18.3 Å². The molecule has 20 heavy (non-hydrogen) atoms. The number of carbonyl (C=O) groups is 1. The highest BCUT2D eigenvalue weighted by Gasteiger charge is 2.40. The molecule has 2 atom stereocenters. The van der Waals surface area contributed by atoms with E-state index in [0.29, 0.717) is 6.42 Å². The Labute approximate surface area is 125 Å². The van der Waals surface area contributed by atoms with Crippen molar-refractivity contribution in [1.82, 2.24) is 5.32 Å². The average Bonchev–Trinajstić information content (AvgIpc) is 2.96. The Bertz CT molecular complexity index is 500. The fourth-order valence-corrected chi connectivity index (χ4v) is 3.27. The van der Waals surface area contributed by atoms with Crippen molar-refractivity contribution in [2.75, 3.05) is 0 Å². The summed E-state index contributed by atoms with van der Waals surface area (Å²) in [5.41, 5.74) is 7.54. The van der Waals surface area contributed by atoms with Crippen LogP contribution in [0.1, 0.15) is 42.9 Å². The van der Waals surface area contributed by atoms with Crippen LogP contribution in [0.2, 0.25) is 0 Å². The van der Waals surface area contributed by atoms with Crippen LogP contribution in [0, 0.1) is 0 Å². The molecule has 2 aliphatic carbocycles. The molecule has 0 unspecified atom stereocenters. The van der Waals surface area contributed by atoms with Crippen LogP contribution in [-0.2, 0) is 11.2 Å². The summed E-state index contributed by atoms with van der Waals surface area (Å²) in [6.45, 7) is 0. The molecule has 5 heteroatoms. The molecule has 0 aliphatic heterocycles. The first kappa shape index (κ1) is 15.3. The first-order valence-electron chi connectivity index (χ1n) is 6.96. The van der Waals surface area contributed by atoms with E-state index in [1.807, 2.05) is 24.3 Å². The first-order chi connectivity index (χ1) is 9.10. The Balaban J connectivity index is 0.00000147. The highest BCUT2D eigenvalue weighted by molar-refractivity contribution is 5.87. The molecule has 0 saturated heterocycles. The maximum atomic E-state index is 12.3. The molecule has 1 amide bonds. The van der Waals surface area contributed by atoms with E-state index >= 15 is 0 Å². The summed E-state index contributed by atoms with van der Waals surface area (Å²) in [6, 6.07) is 7.54. The second kappa shape index (κ2) is 5.72. The van der Waals surface area contributed by atoms with Crippen LogP contribution in [0.15, 0.2) is 24.3 Å². The predicted octanol–water partition coefficient (Wildman–Crippen LogP) is 1.45. The minimum absolute atomic E-state index is 0. The number of halogens is 1. The third kappa shape index (κ3) is 2.55. The summed E-state index contributed by atoms with van der Waals surface area (Å²) in [5.74, 6) is -0.120. The fraction of sp³-hybridized carbons (Fsp3) is 0.533. The molecule has 110 valence electrons. The van der Waals surface area contributed by atoms with Gasteiger partial charge in [0.15, 0.2) is 0 Å². The number of hydrogen-bond acceptors (Lipinski definition) is 3. The van der Waals surface area contributed by atoms with Gasteiger partial charge in [-0.15, -0.1) is 12.4 Å². The standard InChI is InChI=1S/C15H20N2O2.ClH/c16-15(7-3-4-8-15)14(19)17-13-11-6-2-1-5-10(11)9-12(13)18;/h1-2,5-6,12-13,18H,3-4,7-9,16H2,(H,17,19);1H/t12-,13+;/m0./s1. The normalized spacial score (nSPS) is 26.7. The van der Waals surface area contributed by atoms with Gasteiger partial charge in [-0.1, -0.05) is 37.1 Å². The SMILES string of the molecule is Cl.NC1(C(=O)N[C@@H]2c3ccccc3C[C@@H]2O)CCCC1. The van der Waals surface area contributed by atoms with E-state index in [0.717, 1.165) is 36.8 Å². The second-order valence-corrected chi connectivity index (χ2v) is 5.78. The van der Waals surface area contributed by atoms with E-state index in [-0.39, 0.29) is 24.4 Å². The van der Waals surface area contributed by atoms with Gasteiger partial charge in [-0.05, 0) is 24.0 Å². The Morgan fingerprint density at radius 1 is 1.30 bits per heavy atom. The molecule has 0 bridgehead atoms. The highest BCUT2D eigenvalue weighted by atomic mass is 35.5. The van der Waals surface area contributed by atoms with Gasteiger partial charge in [-0.25, -0.2) is 0 Å². The number of hydrogen-bond donors (Lipinski definition) is 3. The van der Waals surface area contributed by atoms with Crippen molar-refractivity contribution in [2.24, 2.45) is 5.73 Å². The molecule has 4 N–H and O–H groups in total. The lowest BCUT2D eigenvalue weighted by Crippen LogP contribution is -2.53. The van der Waals surface area contributed by atoms with Crippen LogP contribution >= 0.6 is 12.4 Å². The van der Waals surface area contributed by atoms with Gasteiger partial charge >= 0.3 is 0 Å². The van der Waals surface area contributed by atoms with Crippen molar-refractivity contribution < 1.29 is 9.90 Å². The van der Waals surface area contributed by atoms with Crippen molar-refractivity contribution in [3.63, 3.8) is 0 Å². The van der Waals surface area contributed by atoms with E-state index in [9.17, 15) is 9.90 Å². The van der Waals surface area contributed by atoms with Gasteiger partial charge in [0.1, 0.15) is 0 Å². The molecule has 1 fully saturated rings. The molecule has 4 nitrogen and oxygen atoms in total. The zero-order valence-corrected chi connectivity index (χ0v) is 12.2. The predicted molar refractivity (Wildman–Crippen MR) is 79.7 cm³/mol. The van der Waals surface area contributed by atoms with E-state index in [4.69, 9.17) is 5.73 Å². The number of amides is 1. The lowest BCUT2D eigenvalue weighted by molar-refractivity contribution is -0.127. The number of nitrogens with two attached hydrogens (primary N) is 1. The minimum Gasteiger partial charge on any atom is -0.390 e. The molecule has 0 radical (unpaired) electrons. The van der Waals surface area contributed by atoms with Gasteiger partial charge in [0.25, 0.3) is 0 Å². The van der Waals surface area contributed by atoms with Crippen LogP contribution in [0.4, 0.5) is 0 Å². The van der Waals surface area contributed by atoms with Gasteiger partial charge < -0.3 is 16.2 Å². The Morgan fingerprint density at radius 3 is 2.65 bits per heavy atom. The summed E-state index contributed by atoms with van der Waals surface area (Å²) in [4.78, 5) is 12.3. The molecule has 3 rings (SSSR count). The zero-order chi connectivity index (χ0) is 13.5. The van der Waals surface area contributed by atoms with Crippen LogP contribution in [0.5, 0.6) is 0 Å². The molecule has 1 aromatic carbocycles. The largest absolute Gasteiger partial charge is 0.390 e. The van der Waals surface area contributed by atoms with E-state index in [1.165, 1.54) is 0 Å². The fourth-order valence-electron chi connectivity index (χ4n) is 3.27. The molecule has 2 aliphatic rings. The van der Waals surface area contributed by atoms with Gasteiger partial charge in [0, 0.05) is 6.42 Å². The lowest BCUT2D eigenvalue weighted by Gasteiger charge is -2.26. The van der Waals surface area contributed by atoms with Gasteiger partial charge in [0.05, 0.1) is 17.7 Å². The second-order valence-electron chi connectivity index (χ2n) is 5.78. The zero-order valence-electron chi connectivity index (χ0n) is 11.3. The molecule has 1 aromatic rings. The minimum atomic E-state index is -0.739. The summed E-state index contributed by atoms with van der Waals surface area (Å²) in [7, 11) is 0. The van der Waals surface area contributed by atoms with Crippen LogP contribution in [0.3, 0.4) is 0 Å². The molecule has 0 aromatic heterocycles. The number of aliphatic hydroxyl groups excluding tert-OH is 1. The molecule has 1 saturated carbocycles. The van der Waals surface area contributed by atoms with Crippen molar-refractivity contribution in [1.29, 1.82) is 0 Å². The third-order valence-corrected chi connectivity index (χ3v) is 4.44. The quantitative estimate of drug-likeness (QED) is 0.773. The van der Waals surface area contributed by atoms with Crippen molar-refractivity contribution in [3.05, 3.63) is 35.4 Å². The van der Waals surface area contributed by atoms with E-state index in [2.05, 4.69) is 5.32 Å². The third-order valence-electron chi connectivity index (χ3n) is 4.44. The van der Waals surface area contributed by atoms with Crippen LogP contribution < -0.4 is 11.1 Å². The first-order valence-corrected chi connectivity index (χ1v) is 6.96. The van der Waals surface area contributed by atoms with Crippen molar-refractivity contribution in [2.45, 2.75) is 49.8 Å². The molecular weight excluding hydrogens is 276 g/mol. The summed E-state index contributed by atoms with van der Waals surface area (Å²) < 4.78 is 0. The summed E-state index contributed by atoms with van der Waals surface area (Å²) in [5, 5.41) is 13.1. The Morgan fingerprint density at radius 2 is 1.95 bits per heavy atom. The van der Waals surface area contributed by atoms with E-state index in [1.54, 1.807) is 0 Å². The number of rotatable bonds is 2. The number of carbonyl (C=O) groups excluding carboxylic acids is 1. The maximum Gasteiger partial charge on any atom is 0.240 e. The average molecular weight is 297 g/mol. The number of aliphatic hydroxyl groups is 1. The number of nitrogens with one attached hydrogen (secondary N) is 1. The summed E-state index contributed by atoms with van der Waals surface area (Å²) >= 11 is 0. The molecule has 0 heterocycles. The van der Waals surface area contributed by atoms with Crippen LogP contribution in [0.25, 0.3) is 0 Å². The van der Waals surface area contributed by atoms with Crippen molar-refractivity contribution in [3.8, 4) is 0 Å². The Hall–Kier alpha value is -1.10. The van der Waals surface area contributed by atoms with Gasteiger partial charge in [-0.2, -0.15) is 0 Å². The summed E-state index contributed by atoms with van der Waals surface area (Å²) in [6.07, 6.45) is 3.54. The smallest absolute Gasteiger partial charge is 0.240 e. The monoisotopic (exact) mass is 296 g/mol. The molecule has 0 spiro atoms. The van der Waals surface area contributed by atoms with Gasteiger partial charge in [0.2, 0.25) is 5.91 Å². The lowest BCUT2D eigenvalue weighted by atomic mass is 9.97. The maximum absolute atomic E-state index is 12.3. The van der Waals surface area contributed by atoms with Crippen LogP contribution in [-0.4, -0.2) is 22.7 Å². The molecular formula is C15H21ClN2O2. The number of benzene rings is 1. The highest BCUT2D eigenvalue weighted by Crippen LogP contribution is 2.33.